The second kappa shape index (κ2) is 44.2. The number of aromatic amines is 4. The number of imidazole rings is 1. The Labute approximate surface area is 834 Å². The highest BCUT2D eigenvalue weighted by Crippen LogP contribution is 2.57. The number of nitrogen functional groups attached to an aromatic ring is 3. The summed E-state index contributed by atoms with van der Waals surface area (Å²) in [7, 11) is 1.02. The Morgan fingerprint density at radius 2 is 0.627 bits per heavy atom. The molecule has 7 saturated heterocycles. The van der Waals surface area contributed by atoms with Gasteiger partial charge in [0, 0.05) is 123 Å². The number of nitrogens with zero attached hydrogens (tertiary/aromatic N) is 12. The van der Waals surface area contributed by atoms with Gasteiger partial charge in [0.25, 0.3) is 22.2 Å². The maximum atomic E-state index is 15.0. The Morgan fingerprint density at radius 1 is 0.366 bits per heavy atom. The molecule has 0 spiro atoms. The minimum absolute atomic E-state index is 0.0000664. The summed E-state index contributed by atoms with van der Waals surface area (Å²) >= 11 is 37.7. The Hall–Kier alpha value is -6.17. The largest absolute Gasteiger partial charge is 0.780 e. The average Bonchev–Trinajstić information content (AvgIpc) is 1.62. The van der Waals surface area contributed by atoms with Crippen LogP contribution in [-0.4, -0.2) is 209 Å². The molecule has 10 N–H and O–H groups in total. The van der Waals surface area contributed by atoms with Gasteiger partial charge in [-0.2, -0.15) is 9.97 Å². The molecular formula is C71H89N19O38P7S7-7. The maximum Gasteiger partial charge on any atom is 0.351 e. The number of hydrogen-bond donors (Lipinski definition) is 7. The molecule has 7 aliphatic heterocycles. The number of rotatable bonds is 40. The number of aromatic nitrogens is 16. The Bertz CT molecular complexity index is 7160. The molecule has 28 atom stereocenters. The van der Waals surface area contributed by atoms with E-state index in [2.05, 4.69) is 44.9 Å². The molecular weight excluding hydrogens is 2170 g/mol. The van der Waals surface area contributed by atoms with Crippen molar-refractivity contribution in [1.29, 1.82) is 0 Å². The van der Waals surface area contributed by atoms with E-state index in [9.17, 15) is 81.9 Å². The zero-order chi connectivity index (χ0) is 103. The van der Waals surface area contributed by atoms with Crippen LogP contribution in [0, 0.1) is 41.5 Å². The van der Waals surface area contributed by atoms with Crippen LogP contribution in [0.2, 0.25) is 0 Å². The van der Waals surface area contributed by atoms with E-state index in [1.807, 2.05) is 0 Å². The van der Waals surface area contributed by atoms with Gasteiger partial charge in [0.05, 0.1) is 94.8 Å². The van der Waals surface area contributed by atoms with Gasteiger partial charge >= 0.3 is 34.1 Å². The van der Waals surface area contributed by atoms with Gasteiger partial charge in [-0.25, -0.2) is 43.7 Å². The lowest BCUT2D eigenvalue weighted by atomic mass is 10.2. The van der Waals surface area contributed by atoms with Gasteiger partial charge < -0.3 is 155 Å². The summed E-state index contributed by atoms with van der Waals surface area (Å²) in [6.45, 7) is -28.8. The highest BCUT2D eigenvalue weighted by molar-refractivity contribution is 8.32. The fourth-order valence-corrected chi connectivity index (χ4v) is 25.9. The topological polar surface area (TPSA) is 760 Å². The highest BCUT2D eigenvalue weighted by atomic mass is 32.7. The second-order valence-corrected chi connectivity index (χ2v) is 52.4. The van der Waals surface area contributed by atoms with Crippen LogP contribution in [-0.2, 0) is 184 Å². The van der Waals surface area contributed by atoms with Crippen LogP contribution >= 0.6 is 47.1 Å². The Kier molecular flexibility index (Phi) is 34.2. The van der Waals surface area contributed by atoms with Gasteiger partial charge in [-0.15, -0.1) is 0 Å². The van der Waals surface area contributed by atoms with E-state index in [4.69, 9.17) is 197 Å². The van der Waals surface area contributed by atoms with Crippen LogP contribution in [0.5, 0.6) is 0 Å². The summed E-state index contributed by atoms with van der Waals surface area (Å²) < 4.78 is 147. The van der Waals surface area contributed by atoms with E-state index in [1.54, 1.807) is 20.8 Å². The summed E-state index contributed by atoms with van der Waals surface area (Å²) in [6, 6.07) is 0. The van der Waals surface area contributed by atoms with Crippen molar-refractivity contribution in [3.63, 3.8) is 0 Å². The molecule has 0 amide bonds. The zero-order valence-corrected chi connectivity index (χ0v) is 87.0. The van der Waals surface area contributed by atoms with E-state index in [0.29, 0.717) is 11.1 Å². The first kappa shape index (κ1) is 110. The maximum absolute atomic E-state index is 15.0. The highest BCUT2D eigenvalue weighted by Gasteiger charge is 2.49. The molecule has 0 radical (unpaired) electrons. The normalized spacial score (nSPS) is 29.9. The third kappa shape index (κ3) is 26.4. The fourth-order valence-electron chi connectivity index (χ4n) is 16.1. The van der Waals surface area contributed by atoms with Crippen LogP contribution in [0.15, 0.2) is 97.8 Å². The SMILES string of the molecule is COP([O-])(=S)O[C@@H]1C[C@H](n2cc(C)c(N)nc2=O)O[C@@H]1COP([O-])(=S)O[C@@H]1C[C@H](n2cc(C)c(=O)[nH]c2=O)O[C@@H]1COP([O-])(=S)O[C@@H]1C[C@H](n2cnc3c(N)ncnc32)O[C@@H]1COP([O-])(=S)O[C@@H]1C[C@H](n2cc(C)c(=O)[nH]c2=O)O[C@@H]1COP(=O)([S-])O[C@@H]1C[C@H](n2cc(C)c(=O)[nH]c2=O)O[C@@H]1COP([O-])(=S)O[C@@H]1C[C@H](n2cc(C)c(=O)[nH]c2=O)O[C@@H]1COP([O-])(=S)O[C@@H]1C[C@H](n2cc(C)c(N)nc2=O)O[C@@H]1C. The number of nitrogens with one attached hydrogen (secondary N) is 4. The van der Waals surface area contributed by atoms with Gasteiger partial charge in [0.2, 0.25) is 0 Å². The Balaban J connectivity index is 0.635. The summed E-state index contributed by atoms with van der Waals surface area (Å²) in [5.41, 5.74) is 10.3. The van der Waals surface area contributed by atoms with E-state index in [0.717, 1.165) is 61.1 Å². The van der Waals surface area contributed by atoms with Crippen molar-refractivity contribution in [3.05, 3.63) is 188 Å². The standard InChI is InChI=1S/C71H96N19O38P7S7/c1-30-16-84(66(95)78-58(30)72)50-9-37(36(7)115-50)122-130(102,137)109-23-45-39(11-52(117-45)86-18-32(3)62(91)80-68(86)97)124-132(104,139)111-24-46-41(13-54(118-46)88-20-34(5)64(93)82-70(88)99)126-133(105,140)112-25-47-42(14-55(119-47)89-21-35(6)65(94)83-71(89)100)127-134(106,141)114-27-49-43(15-56(121-49)90-29-77-57-60(74)75-28-76-61(57)90)128-135(107,142)113-26-48-40(12-53(120-48)87-19-33(4)63(92)81-69(87)98)125-131(103,138)110-22-44-38(123-129(101,136)108-8)10-51(116-44)85-17-31(2)59(73)79-67(85)96/h16-21,28-29,36-56H,9-15,22-27H2,1-8H3,(H,101,136)(H,102,137)(H,103,138)(H,104,139)(H,105,140)(H,106,141)(H,107,142)(H2,72,78,95)(H2,73,79,96)(H2,74,75,76)(H,80,91,97)(H,81,92,98)(H,82,93,99)(H,83,94,100)/p-7/t36-,37-,38-,39-,40-,41-,42-,43-,44-,45-,46-,47-,48-,49-,50-,51-,52-,53-,54-,55-,56-,129?,130?,131?,132?,133?,134?,135?/m1/s1. The smallest absolute Gasteiger partial charge is 0.351 e. The molecule has 142 heavy (non-hydrogen) atoms. The van der Waals surface area contributed by atoms with Crippen LogP contribution in [0.4, 0.5) is 17.5 Å². The summed E-state index contributed by atoms with van der Waals surface area (Å²) in [4.78, 5) is 245. The Morgan fingerprint density at radius 3 is 0.944 bits per heavy atom. The van der Waals surface area contributed by atoms with Crippen LogP contribution in [0.25, 0.3) is 11.2 Å². The van der Waals surface area contributed by atoms with Crippen LogP contribution in [0.3, 0.4) is 0 Å². The number of aryl methyl sites for hydroxylation is 6. The number of H-pyrrole nitrogens is 4. The summed E-state index contributed by atoms with van der Waals surface area (Å²) in [5.74, 6) is -0.140. The first-order valence-electron chi connectivity index (χ1n) is 42.4. The monoisotopic (exact) mass is 2260 g/mol. The van der Waals surface area contributed by atoms with Crippen LogP contribution in [0.1, 0.15) is 129 Å². The predicted octanol–water partition coefficient (Wildman–Crippen LogP) is -3.22. The molecule has 8 aromatic heterocycles. The fraction of sp³-hybridized carbons (Fsp3) is 0.592. The van der Waals surface area contributed by atoms with Gasteiger partial charge in [-0.3, -0.25) is 75.6 Å². The molecule has 71 heteroatoms. The van der Waals surface area contributed by atoms with Crippen molar-refractivity contribution in [2.45, 2.75) is 222 Å². The van der Waals surface area contributed by atoms with Crippen molar-refractivity contribution < 1.29 is 130 Å². The molecule has 0 saturated carbocycles. The molecule has 8 aromatic rings. The molecule has 0 aliphatic carbocycles. The summed E-state index contributed by atoms with van der Waals surface area (Å²) in [5, 5.41) is 0. The third-order valence-corrected chi connectivity index (χ3v) is 34.5. The summed E-state index contributed by atoms with van der Waals surface area (Å²) in [6.07, 6.45) is -22.2. The number of ether oxygens (including phenoxy) is 7. The molecule has 57 nitrogen and oxygen atoms in total. The lowest BCUT2D eigenvalue weighted by molar-refractivity contribution is -0.222. The number of anilines is 3. The lowest BCUT2D eigenvalue weighted by Gasteiger charge is -2.36. The zero-order valence-electron chi connectivity index (χ0n) is 75.0. The predicted molar refractivity (Wildman–Crippen MR) is 502 cm³/mol. The number of nitrogens with two attached hydrogens (primary N) is 3. The third-order valence-electron chi connectivity index (χ3n) is 23.4. The van der Waals surface area contributed by atoms with Crippen molar-refractivity contribution in [3.8, 4) is 0 Å². The molecule has 780 valence electrons. The molecule has 15 heterocycles. The molecule has 7 unspecified atom stereocenters. The van der Waals surface area contributed by atoms with E-state index >= 15 is 0 Å². The molecule has 7 fully saturated rings. The second-order valence-electron chi connectivity index (χ2n) is 33.3. The van der Waals surface area contributed by atoms with E-state index in [1.165, 1.54) is 55.6 Å². The number of hydrogen-bond acceptors (Lipinski definition) is 53. The number of fused-ring (bicyclic) bond motifs is 1. The molecule has 0 bridgehead atoms. The van der Waals surface area contributed by atoms with Gasteiger partial charge in [0.1, 0.15) is 144 Å². The quantitative estimate of drug-likeness (QED) is 0.0147. The van der Waals surface area contributed by atoms with Crippen molar-refractivity contribution in [2.24, 2.45) is 0 Å². The van der Waals surface area contributed by atoms with E-state index < -0.39 is 298 Å². The first-order chi connectivity index (χ1) is 66.5. The molecule has 15 rings (SSSR count). The van der Waals surface area contributed by atoms with Crippen LogP contribution < -0.4 is 103 Å². The van der Waals surface area contributed by atoms with Crippen molar-refractivity contribution in [1.82, 2.24) is 76.8 Å². The van der Waals surface area contributed by atoms with Gasteiger partial charge in [-0.1, -0.05) is 70.8 Å². The average molecular weight is 2260 g/mol. The minimum atomic E-state index is -5.07. The lowest BCUT2D eigenvalue weighted by Crippen LogP contribution is -2.34. The minimum Gasteiger partial charge on any atom is -0.780 e. The molecule has 7 aliphatic rings. The van der Waals surface area contributed by atoms with Crippen molar-refractivity contribution >= 4 is 159 Å². The molecule has 0 aromatic carbocycles. The first-order valence-corrected chi connectivity index (χ1v) is 60.3. The van der Waals surface area contributed by atoms with Gasteiger partial charge in [0.15, 0.2) is 18.3 Å². The van der Waals surface area contributed by atoms with E-state index in [-0.39, 0.29) is 70.1 Å². The van der Waals surface area contributed by atoms with Crippen molar-refractivity contribution in [2.75, 3.05) is 64.0 Å². The van der Waals surface area contributed by atoms with Gasteiger partial charge in [-0.05, 0) is 48.5 Å².